The van der Waals surface area contributed by atoms with Crippen LogP contribution < -0.4 is 14.4 Å². The molecule has 0 aromatic heterocycles. The van der Waals surface area contributed by atoms with Crippen LogP contribution in [0.2, 0.25) is 5.02 Å². The van der Waals surface area contributed by atoms with Gasteiger partial charge in [-0.15, -0.1) is 0 Å². The predicted octanol–water partition coefficient (Wildman–Crippen LogP) is 6.06. The maximum atomic E-state index is 14.0. The van der Waals surface area contributed by atoms with Gasteiger partial charge in [0.25, 0.3) is 10.0 Å². The van der Waals surface area contributed by atoms with Crippen molar-refractivity contribution in [2.45, 2.75) is 51.4 Å². The summed E-state index contributed by atoms with van der Waals surface area (Å²) in [6.07, 6.45) is -4.89. The minimum Gasteiger partial charge on any atom is -0.497 e. The second kappa shape index (κ2) is 14.3. The Kier molecular flexibility index (Phi) is 11.3. The van der Waals surface area contributed by atoms with E-state index in [1.165, 1.54) is 43.2 Å². The number of alkyl halides is 3. The third-order valence-electron chi connectivity index (χ3n) is 6.79. The van der Waals surface area contributed by atoms with E-state index in [9.17, 15) is 31.2 Å². The zero-order valence-corrected chi connectivity index (χ0v) is 26.6. The number of nitrogens with zero attached hydrogens (tertiary/aromatic N) is 2. The van der Waals surface area contributed by atoms with Crippen molar-refractivity contribution < 1.29 is 35.9 Å². The Hall–Kier alpha value is -3.77. The maximum Gasteiger partial charge on any atom is 0.417 e. The zero-order valence-electron chi connectivity index (χ0n) is 25.0. The standard InChI is InChI=1S/C31H35ClF3N3O5S/c1-20(2)17-36-30(40)22(4)37(18-23-8-11-25(43-5)12-9-23)29(39)19-38(44(41,42)26-13-6-21(3)7-14-26)24-10-15-28(32)27(16-24)31(33,34)35/h6-16,20,22H,17-19H2,1-5H3,(H,36,40). The molecule has 238 valence electrons. The lowest BCUT2D eigenvalue weighted by atomic mass is 10.1. The summed E-state index contributed by atoms with van der Waals surface area (Å²) in [5, 5.41) is 2.15. The predicted molar refractivity (Wildman–Crippen MR) is 163 cm³/mol. The van der Waals surface area contributed by atoms with Crippen molar-refractivity contribution in [2.24, 2.45) is 5.92 Å². The van der Waals surface area contributed by atoms with Crippen molar-refractivity contribution in [1.82, 2.24) is 10.2 Å². The van der Waals surface area contributed by atoms with Gasteiger partial charge in [0.15, 0.2) is 0 Å². The van der Waals surface area contributed by atoms with Gasteiger partial charge >= 0.3 is 6.18 Å². The second-order valence-corrected chi connectivity index (χ2v) is 12.9. The van der Waals surface area contributed by atoms with Crippen molar-refractivity contribution in [3.63, 3.8) is 0 Å². The SMILES string of the molecule is COc1ccc(CN(C(=O)CN(c2ccc(Cl)c(C(F)(F)F)c2)S(=O)(=O)c2ccc(C)cc2)C(C)C(=O)NCC(C)C)cc1. The summed E-state index contributed by atoms with van der Waals surface area (Å²) in [5.41, 5.74) is -0.313. The Balaban J connectivity index is 2.10. The molecule has 1 atom stereocenters. The van der Waals surface area contributed by atoms with E-state index >= 15 is 0 Å². The van der Waals surface area contributed by atoms with E-state index in [0.717, 1.165) is 17.7 Å². The highest BCUT2D eigenvalue weighted by atomic mass is 35.5. The number of ether oxygens (including phenoxy) is 1. The molecule has 0 bridgehead atoms. The molecule has 3 rings (SSSR count). The Morgan fingerprint density at radius 2 is 1.59 bits per heavy atom. The van der Waals surface area contributed by atoms with E-state index in [1.54, 1.807) is 31.2 Å². The summed E-state index contributed by atoms with van der Waals surface area (Å²) in [5.74, 6) is -0.598. The van der Waals surface area contributed by atoms with Crippen LogP contribution in [-0.2, 0) is 32.3 Å². The Labute approximate surface area is 260 Å². The average Bonchev–Trinajstić information content (AvgIpc) is 2.97. The number of hydrogen-bond donors (Lipinski definition) is 1. The molecule has 0 heterocycles. The molecule has 44 heavy (non-hydrogen) atoms. The molecule has 8 nitrogen and oxygen atoms in total. The first kappa shape index (κ1) is 34.7. The molecule has 0 aliphatic rings. The quantitative estimate of drug-likeness (QED) is 0.256. The fourth-order valence-electron chi connectivity index (χ4n) is 4.21. The molecule has 3 aromatic carbocycles. The maximum absolute atomic E-state index is 14.0. The molecule has 0 saturated carbocycles. The number of halogens is 4. The van der Waals surface area contributed by atoms with E-state index in [1.807, 2.05) is 13.8 Å². The summed E-state index contributed by atoms with van der Waals surface area (Å²) < 4.78 is 75.0. The highest BCUT2D eigenvalue weighted by Gasteiger charge is 2.37. The number of hydrogen-bond acceptors (Lipinski definition) is 5. The Bertz CT molecular complexity index is 1560. The number of benzene rings is 3. The van der Waals surface area contributed by atoms with Crippen molar-refractivity contribution in [3.8, 4) is 5.75 Å². The molecule has 1 unspecified atom stereocenters. The van der Waals surface area contributed by atoms with E-state index < -0.39 is 56.9 Å². The lowest BCUT2D eigenvalue weighted by Crippen LogP contribution is -2.51. The molecule has 0 aliphatic carbocycles. The van der Waals surface area contributed by atoms with Crippen molar-refractivity contribution in [2.75, 3.05) is 24.5 Å². The third kappa shape index (κ3) is 8.66. The van der Waals surface area contributed by atoms with Crippen LogP contribution in [0.25, 0.3) is 0 Å². The molecular formula is C31H35ClF3N3O5S. The van der Waals surface area contributed by atoms with E-state index in [0.29, 0.717) is 28.2 Å². The normalized spacial score (nSPS) is 12.5. The zero-order chi connectivity index (χ0) is 32.8. The monoisotopic (exact) mass is 653 g/mol. The Morgan fingerprint density at radius 3 is 2.14 bits per heavy atom. The number of carbonyl (C=O) groups excluding carboxylic acids is 2. The van der Waals surface area contributed by atoms with Gasteiger partial charge in [-0.1, -0.05) is 55.3 Å². The molecule has 1 N–H and O–H groups in total. The minimum atomic E-state index is -4.89. The van der Waals surface area contributed by atoms with Gasteiger partial charge in [0, 0.05) is 13.1 Å². The number of sulfonamides is 1. The molecule has 0 saturated heterocycles. The Morgan fingerprint density at radius 1 is 0.977 bits per heavy atom. The molecule has 0 radical (unpaired) electrons. The van der Waals surface area contributed by atoms with E-state index in [2.05, 4.69) is 5.32 Å². The fourth-order valence-corrected chi connectivity index (χ4v) is 5.85. The number of methoxy groups -OCH3 is 1. The molecule has 0 spiro atoms. The van der Waals surface area contributed by atoms with Gasteiger partial charge in [-0.3, -0.25) is 13.9 Å². The minimum absolute atomic E-state index is 0.0913. The van der Waals surface area contributed by atoms with Crippen LogP contribution in [0.5, 0.6) is 5.75 Å². The van der Waals surface area contributed by atoms with Gasteiger partial charge in [0.05, 0.1) is 28.3 Å². The molecular weight excluding hydrogens is 619 g/mol. The topological polar surface area (TPSA) is 96.0 Å². The number of rotatable bonds is 12. The van der Waals surface area contributed by atoms with E-state index in [4.69, 9.17) is 16.3 Å². The van der Waals surface area contributed by atoms with Gasteiger partial charge in [-0.2, -0.15) is 13.2 Å². The first-order valence-electron chi connectivity index (χ1n) is 13.7. The largest absolute Gasteiger partial charge is 0.497 e. The molecule has 3 aromatic rings. The molecule has 0 aliphatic heterocycles. The van der Waals surface area contributed by atoms with Gasteiger partial charge in [0.1, 0.15) is 18.3 Å². The first-order chi connectivity index (χ1) is 20.5. The summed E-state index contributed by atoms with van der Waals surface area (Å²) in [4.78, 5) is 28.0. The molecule has 0 fully saturated rings. The first-order valence-corrected chi connectivity index (χ1v) is 15.5. The van der Waals surface area contributed by atoms with Gasteiger partial charge in [0.2, 0.25) is 11.8 Å². The summed E-state index contributed by atoms with van der Waals surface area (Å²) in [6, 6.07) is 14.0. The highest BCUT2D eigenvalue weighted by molar-refractivity contribution is 7.92. The molecule has 2 amide bonds. The van der Waals surface area contributed by atoms with Crippen molar-refractivity contribution in [1.29, 1.82) is 0 Å². The summed E-state index contributed by atoms with van der Waals surface area (Å²) in [6.45, 7) is 6.40. The lowest BCUT2D eigenvalue weighted by molar-refractivity contribution is -0.139. The number of carbonyl (C=O) groups is 2. The van der Waals surface area contributed by atoms with E-state index in [-0.39, 0.29) is 17.4 Å². The van der Waals surface area contributed by atoms with Crippen LogP contribution in [0.3, 0.4) is 0 Å². The summed E-state index contributed by atoms with van der Waals surface area (Å²) >= 11 is 5.81. The molecule has 13 heteroatoms. The van der Waals surface area contributed by atoms with Crippen LogP contribution in [0, 0.1) is 12.8 Å². The van der Waals surface area contributed by atoms with Crippen LogP contribution >= 0.6 is 11.6 Å². The van der Waals surface area contributed by atoms with Gasteiger partial charge in [-0.05, 0) is 67.8 Å². The number of anilines is 1. The van der Waals surface area contributed by atoms with Crippen LogP contribution in [-0.4, -0.2) is 51.4 Å². The second-order valence-electron chi connectivity index (χ2n) is 10.7. The van der Waals surface area contributed by atoms with Gasteiger partial charge < -0.3 is 15.0 Å². The third-order valence-corrected chi connectivity index (χ3v) is 8.91. The van der Waals surface area contributed by atoms with Crippen molar-refractivity contribution in [3.05, 3.63) is 88.4 Å². The lowest BCUT2D eigenvalue weighted by Gasteiger charge is -2.32. The van der Waals surface area contributed by atoms with Crippen LogP contribution in [0.4, 0.5) is 18.9 Å². The fraction of sp³-hybridized carbons (Fsp3) is 0.355. The highest BCUT2D eigenvalue weighted by Crippen LogP contribution is 2.38. The van der Waals surface area contributed by atoms with Gasteiger partial charge in [-0.25, -0.2) is 8.42 Å². The van der Waals surface area contributed by atoms with Crippen LogP contribution in [0.1, 0.15) is 37.5 Å². The number of amides is 2. The summed E-state index contributed by atoms with van der Waals surface area (Å²) in [7, 11) is -3.07. The number of nitrogens with one attached hydrogen (secondary N) is 1. The average molecular weight is 654 g/mol. The smallest absolute Gasteiger partial charge is 0.417 e. The van der Waals surface area contributed by atoms with Crippen LogP contribution in [0.15, 0.2) is 71.6 Å². The number of aryl methyl sites for hydroxylation is 1. The van der Waals surface area contributed by atoms with Crippen molar-refractivity contribution >= 4 is 39.1 Å².